The van der Waals surface area contributed by atoms with Crippen molar-refractivity contribution in [3.8, 4) is 17.5 Å². The van der Waals surface area contributed by atoms with Crippen molar-refractivity contribution in [2.45, 2.75) is 13.0 Å². The average molecular weight is 384 g/mol. The summed E-state index contributed by atoms with van der Waals surface area (Å²) in [5.41, 5.74) is 2.61. The number of nitrogens with one attached hydrogen (secondary N) is 2. The number of hydrogen-bond acceptors (Lipinski definition) is 5. The van der Waals surface area contributed by atoms with Crippen molar-refractivity contribution in [1.29, 1.82) is 5.26 Å². The fourth-order valence-corrected chi connectivity index (χ4v) is 2.49. The smallest absolute Gasteiger partial charge is 0.246 e. The first kappa shape index (κ1) is 17.9. The van der Waals surface area contributed by atoms with Gasteiger partial charge in [-0.15, -0.1) is 0 Å². The standard InChI is InChI=1S/C18H14ClN5OS/c19-14-5-3-13(4-6-14)17-23-16(25-24-17)11-21-18(26)22-15-7-1-12(2-8-15)9-10-20/h1-8H,9,11H2,(H2,21,22,26). The van der Waals surface area contributed by atoms with E-state index in [-0.39, 0.29) is 0 Å². The lowest BCUT2D eigenvalue weighted by Crippen LogP contribution is -2.28. The van der Waals surface area contributed by atoms with E-state index >= 15 is 0 Å². The Bertz CT molecular complexity index is 931. The molecule has 0 radical (unpaired) electrons. The molecule has 0 aliphatic heterocycles. The molecule has 0 saturated carbocycles. The van der Waals surface area contributed by atoms with Crippen molar-refractivity contribution < 1.29 is 4.52 Å². The zero-order valence-corrected chi connectivity index (χ0v) is 15.1. The number of nitriles is 1. The summed E-state index contributed by atoms with van der Waals surface area (Å²) in [4.78, 5) is 4.32. The van der Waals surface area contributed by atoms with Crippen molar-refractivity contribution in [2.75, 3.05) is 5.32 Å². The normalized spacial score (nSPS) is 10.2. The van der Waals surface area contributed by atoms with Gasteiger partial charge in [-0.2, -0.15) is 10.2 Å². The van der Waals surface area contributed by atoms with Gasteiger partial charge >= 0.3 is 0 Å². The molecular formula is C18H14ClN5OS. The Hall–Kier alpha value is -2.95. The molecule has 0 aliphatic rings. The van der Waals surface area contributed by atoms with Gasteiger partial charge in [-0.3, -0.25) is 0 Å². The van der Waals surface area contributed by atoms with Gasteiger partial charge in [0.05, 0.1) is 19.0 Å². The molecule has 130 valence electrons. The van der Waals surface area contributed by atoms with Gasteiger partial charge < -0.3 is 15.2 Å². The van der Waals surface area contributed by atoms with E-state index in [4.69, 9.17) is 33.6 Å². The largest absolute Gasteiger partial charge is 0.353 e. The molecule has 0 saturated heterocycles. The number of aromatic nitrogens is 2. The molecule has 0 atom stereocenters. The van der Waals surface area contributed by atoms with E-state index < -0.39 is 0 Å². The summed E-state index contributed by atoms with van der Waals surface area (Å²) in [5.74, 6) is 0.911. The van der Waals surface area contributed by atoms with Crippen LogP contribution in [-0.2, 0) is 13.0 Å². The fourth-order valence-electron chi connectivity index (χ4n) is 2.17. The number of halogens is 1. The maximum absolute atomic E-state index is 8.68. The molecule has 1 aromatic heterocycles. The van der Waals surface area contributed by atoms with Crippen LogP contribution in [0.25, 0.3) is 11.4 Å². The monoisotopic (exact) mass is 383 g/mol. The third kappa shape index (κ3) is 4.79. The summed E-state index contributed by atoms with van der Waals surface area (Å²) < 4.78 is 5.22. The highest BCUT2D eigenvalue weighted by atomic mass is 35.5. The van der Waals surface area contributed by atoms with Crippen molar-refractivity contribution in [2.24, 2.45) is 0 Å². The van der Waals surface area contributed by atoms with E-state index in [0.29, 0.717) is 34.8 Å². The van der Waals surface area contributed by atoms with Crippen LogP contribution < -0.4 is 10.6 Å². The number of rotatable bonds is 5. The molecule has 0 spiro atoms. The summed E-state index contributed by atoms with van der Waals surface area (Å²) in [5, 5.41) is 19.8. The zero-order chi connectivity index (χ0) is 18.4. The van der Waals surface area contributed by atoms with Crippen molar-refractivity contribution in [3.05, 3.63) is 65.0 Å². The molecule has 8 heteroatoms. The molecule has 0 fully saturated rings. The van der Waals surface area contributed by atoms with Crippen molar-refractivity contribution >= 4 is 34.6 Å². The average Bonchev–Trinajstić information content (AvgIpc) is 3.11. The van der Waals surface area contributed by atoms with E-state index in [1.807, 2.05) is 36.4 Å². The summed E-state index contributed by atoms with van der Waals surface area (Å²) in [6, 6.07) is 16.8. The Morgan fingerprint density at radius 2 is 1.88 bits per heavy atom. The van der Waals surface area contributed by atoms with E-state index in [1.54, 1.807) is 12.1 Å². The highest BCUT2D eigenvalue weighted by Gasteiger charge is 2.09. The second-order valence-corrected chi connectivity index (χ2v) is 6.20. The molecule has 0 unspecified atom stereocenters. The zero-order valence-electron chi connectivity index (χ0n) is 13.6. The lowest BCUT2D eigenvalue weighted by molar-refractivity contribution is 0.376. The van der Waals surface area contributed by atoms with Crippen LogP contribution in [0, 0.1) is 11.3 Å². The molecule has 26 heavy (non-hydrogen) atoms. The minimum Gasteiger partial charge on any atom is -0.353 e. The SMILES string of the molecule is N#CCc1ccc(NC(=S)NCc2nc(-c3ccc(Cl)cc3)no2)cc1. The lowest BCUT2D eigenvalue weighted by Gasteiger charge is -2.09. The van der Waals surface area contributed by atoms with Gasteiger partial charge in [0.25, 0.3) is 0 Å². The van der Waals surface area contributed by atoms with Crippen molar-refractivity contribution in [1.82, 2.24) is 15.5 Å². The number of nitrogens with zero attached hydrogens (tertiary/aromatic N) is 3. The maximum Gasteiger partial charge on any atom is 0.246 e. The van der Waals surface area contributed by atoms with Gasteiger partial charge in [0.2, 0.25) is 11.7 Å². The van der Waals surface area contributed by atoms with E-state index in [9.17, 15) is 0 Å². The molecule has 6 nitrogen and oxygen atoms in total. The molecule has 0 bridgehead atoms. The summed E-state index contributed by atoms with van der Waals surface area (Å²) >= 11 is 11.1. The van der Waals surface area contributed by atoms with Gasteiger partial charge in [0, 0.05) is 16.3 Å². The molecule has 2 aromatic carbocycles. The van der Waals surface area contributed by atoms with Crippen LogP contribution in [0.15, 0.2) is 53.1 Å². The van der Waals surface area contributed by atoms with E-state index in [0.717, 1.165) is 16.8 Å². The first-order chi connectivity index (χ1) is 12.6. The fraction of sp³-hybridized carbons (Fsp3) is 0.111. The number of hydrogen-bond donors (Lipinski definition) is 2. The second kappa shape index (κ2) is 8.43. The highest BCUT2D eigenvalue weighted by molar-refractivity contribution is 7.80. The Balaban J connectivity index is 1.53. The van der Waals surface area contributed by atoms with Gasteiger partial charge in [-0.05, 0) is 54.2 Å². The quantitative estimate of drug-likeness (QED) is 0.645. The molecule has 0 aliphatic carbocycles. The van der Waals surface area contributed by atoms with Crippen LogP contribution in [0.4, 0.5) is 5.69 Å². The Morgan fingerprint density at radius 3 is 2.58 bits per heavy atom. The summed E-state index contributed by atoms with van der Waals surface area (Å²) in [6.07, 6.45) is 0.385. The van der Waals surface area contributed by atoms with Crippen LogP contribution in [0.3, 0.4) is 0 Å². The van der Waals surface area contributed by atoms with Gasteiger partial charge in [-0.1, -0.05) is 28.9 Å². The highest BCUT2D eigenvalue weighted by Crippen LogP contribution is 2.18. The minimum atomic E-state index is 0.305. The Morgan fingerprint density at radius 1 is 1.15 bits per heavy atom. The third-order valence-corrected chi connectivity index (χ3v) is 3.96. The summed E-state index contributed by atoms with van der Waals surface area (Å²) in [7, 11) is 0. The second-order valence-electron chi connectivity index (χ2n) is 5.36. The molecule has 1 heterocycles. The lowest BCUT2D eigenvalue weighted by atomic mass is 10.1. The van der Waals surface area contributed by atoms with Gasteiger partial charge in [0.15, 0.2) is 5.11 Å². The first-order valence-corrected chi connectivity index (χ1v) is 8.52. The predicted octanol–water partition coefficient (Wildman–Crippen LogP) is 3.94. The van der Waals surface area contributed by atoms with Crippen molar-refractivity contribution in [3.63, 3.8) is 0 Å². The molecule has 0 amide bonds. The summed E-state index contributed by atoms with van der Waals surface area (Å²) in [6.45, 7) is 0.305. The first-order valence-electron chi connectivity index (χ1n) is 7.73. The minimum absolute atomic E-state index is 0.305. The number of anilines is 1. The van der Waals surface area contributed by atoms with Gasteiger partial charge in [0.1, 0.15) is 0 Å². The maximum atomic E-state index is 8.68. The third-order valence-electron chi connectivity index (χ3n) is 3.47. The topological polar surface area (TPSA) is 86.8 Å². The molecule has 2 N–H and O–H groups in total. The van der Waals surface area contributed by atoms with Crippen LogP contribution >= 0.6 is 23.8 Å². The van der Waals surface area contributed by atoms with Crippen LogP contribution in [0.2, 0.25) is 5.02 Å². The number of benzene rings is 2. The van der Waals surface area contributed by atoms with E-state index in [1.165, 1.54) is 0 Å². The molecule has 3 rings (SSSR count). The van der Waals surface area contributed by atoms with Crippen LogP contribution in [0.5, 0.6) is 0 Å². The van der Waals surface area contributed by atoms with Crippen LogP contribution in [-0.4, -0.2) is 15.3 Å². The molecular weight excluding hydrogens is 370 g/mol. The molecule has 3 aromatic rings. The Kier molecular flexibility index (Phi) is 5.79. The number of thiocarbonyl (C=S) groups is 1. The van der Waals surface area contributed by atoms with E-state index in [2.05, 4.69) is 26.8 Å². The Labute approximate surface area is 160 Å². The predicted molar refractivity (Wildman–Crippen MR) is 104 cm³/mol. The van der Waals surface area contributed by atoms with Crippen LogP contribution in [0.1, 0.15) is 11.5 Å². The van der Waals surface area contributed by atoms with Gasteiger partial charge in [-0.25, -0.2) is 0 Å².